The van der Waals surface area contributed by atoms with Gasteiger partial charge in [-0.1, -0.05) is 11.6 Å². The van der Waals surface area contributed by atoms with E-state index in [-0.39, 0.29) is 17.9 Å². The van der Waals surface area contributed by atoms with Gasteiger partial charge in [0.1, 0.15) is 17.1 Å². The molecule has 0 aromatic heterocycles. The zero-order chi connectivity index (χ0) is 23.2. The maximum absolute atomic E-state index is 14.4. The van der Waals surface area contributed by atoms with Crippen LogP contribution in [0.1, 0.15) is 24.0 Å². The van der Waals surface area contributed by atoms with Gasteiger partial charge in [-0.3, -0.25) is 19.3 Å². The van der Waals surface area contributed by atoms with Gasteiger partial charge in [0.15, 0.2) is 0 Å². The lowest BCUT2D eigenvalue weighted by atomic mass is 9.75. The molecule has 4 aliphatic rings. The number of anilines is 2. The highest BCUT2D eigenvalue weighted by molar-refractivity contribution is 6.32. The number of rotatable bonds is 2. The van der Waals surface area contributed by atoms with Crippen LogP contribution in [0.5, 0.6) is 5.75 Å². The molecule has 0 saturated carbocycles. The van der Waals surface area contributed by atoms with E-state index in [9.17, 15) is 18.8 Å². The normalized spacial score (nSPS) is 30.1. The van der Waals surface area contributed by atoms with Crippen molar-refractivity contribution >= 4 is 40.7 Å². The summed E-state index contributed by atoms with van der Waals surface area (Å²) in [5.41, 5.74) is 0.481. The Labute approximate surface area is 194 Å². The van der Waals surface area contributed by atoms with E-state index < -0.39 is 29.1 Å². The van der Waals surface area contributed by atoms with Gasteiger partial charge >= 0.3 is 0 Å². The van der Waals surface area contributed by atoms with Crippen molar-refractivity contribution < 1.29 is 23.5 Å². The van der Waals surface area contributed by atoms with Gasteiger partial charge in [-0.2, -0.15) is 0 Å². The van der Waals surface area contributed by atoms with Crippen molar-refractivity contribution in [3.63, 3.8) is 0 Å². The Morgan fingerprint density at radius 3 is 2.73 bits per heavy atom. The molecule has 33 heavy (non-hydrogen) atoms. The number of carbonyl (C=O) groups excluding carboxylic acids is 3. The first kappa shape index (κ1) is 20.6. The van der Waals surface area contributed by atoms with E-state index >= 15 is 0 Å². The highest BCUT2D eigenvalue weighted by Crippen LogP contribution is 2.61. The molecule has 0 unspecified atom stereocenters. The molecule has 9 heteroatoms. The molecule has 4 aliphatic heterocycles. The van der Waals surface area contributed by atoms with Crippen molar-refractivity contribution in [2.45, 2.75) is 31.3 Å². The molecule has 0 aliphatic carbocycles. The minimum atomic E-state index is -1.42. The van der Waals surface area contributed by atoms with E-state index in [1.165, 1.54) is 25.3 Å². The zero-order valence-electron chi connectivity index (χ0n) is 18.0. The first-order valence-corrected chi connectivity index (χ1v) is 11.3. The van der Waals surface area contributed by atoms with Crippen LogP contribution in [0.4, 0.5) is 15.8 Å². The van der Waals surface area contributed by atoms with Crippen LogP contribution in [-0.2, 0) is 19.9 Å². The average molecular weight is 470 g/mol. The SMILES string of the molecule is COc1cc(Cl)c(C)cc1N1C(=O)[C@@H]2[C@@H]3CCCN3[C@]3(C(=O)Nc4ccc(F)cc43)[C@H]2C1=O. The van der Waals surface area contributed by atoms with Crippen LogP contribution in [0.2, 0.25) is 5.02 Å². The third-order valence-corrected chi connectivity index (χ3v) is 8.06. The second-order valence-electron chi connectivity index (χ2n) is 9.10. The fourth-order valence-electron chi connectivity index (χ4n) is 6.40. The van der Waals surface area contributed by atoms with E-state index in [1.54, 1.807) is 19.1 Å². The van der Waals surface area contributed by atoms with Crippen LogP contribution < -0.4 is 15.0 Å². The van der Waals surface area contributed by atoms with Gasteiger partial charge in [0.05, 0.1) is 24.6 Å². The average Bonchev–Trinajstić information content (AvgIpc) is 3.48. The maximum Gasteiger partial charge on any atom is 0.250 e. The Morgan fingerprint density at radius 1 is 1.18 bits per heavy atom. The molecule has 4 heterocycles. The molecule has 0 bridgehead atoms. The summed E-state index contributed by atoms with van der Waals surface area (Å²) in [4.78, 5) is 44.5. The van der Waals surface area contributed by atoms with Crippen LogP contribution in [-0.4, -0.2) is 42.3 Å². The van der Waals surface area contributed by atoms with E-state index in [0.29, 0.717) is 46.2 Å². The lowest BCUT2D eigenvalue weighted by molar-refractivity contribution is -0.135. The maximum atomic E-state index is 14.4. The summed E-state index contributed by atoms with van der Waals surface area (Å²) in [6, 6.07) is 7.06. The van der Waals surface area contributed by atoms with Crippen molar-refractivity contribution in [1.82, 2.24) is 4.90 Å². The van der Waals surface area contributed by atoms with Crippen molar-refractivity contribution in [2.75, 3.05) is 23.9 Å². The molecule has 7 nitrogen and oxygen atoms in total. The number of carbonyl (C=O) groups is 3. The Kier molecular flexibility index (Phi) is 4.23. The third kappa shape index (κ3) is 2.40. The molecular weight excluding hydrogens is 449 g/mol. The number of halogens is 2. The lowest BCUT2D eigenvalue weighted by Crippen LogP contribution is -2.54. The highest BCUT2D eigenvalue weighted by Gasteiger charge is 2.74. The van der Waals surface area contributed by atoms with Gasteiger partial charge in [0.2, 0.25) is 17.7 Å². The Balaban J connectivity index is 1.56. The summed E-state index contributed by atoms with van der Waals surface area (Å²) in [5.74, 6) is -3.09. The van der Waals surface area contributed by atoms with Crippen LogP contribution >= 0.6 is 11.6 Å². The number of nitrogens with one attached hydrogen (secondary N) is 1. The predicted molar refractivity (Wildman–Crippen MR) is 119 cm³/mol. The van der Waals surface area contributed by atoms with Gasteiger partial charge in [0, 0.05) is 28.4 Å². The summed E-state index contributed by atoms with van der Waals surface area (Å²) in [5, 5.41) is 3.29. The summed E-state index contributed by atoms with van der Waals surface area (Å²) in [6.07, 6.45) is 1.48. The van der Waals surface area contributed by atoms with Crippen LogP contribution in [0.3, 0.4) is 0 Å². The molecule has 6 rings (SSSR count). The standard InChI is InChI=1S/C24H21ClFN3O4/c1-11-8-17(18(33-2)10-14(11)25)29-21(30)19-16-4-3-7-28(16)24(20(19)22(29)31)13-9-12(26)5-6-15(13)27-23(24)32/h5-6,8-10,16,19-20H,3-4,7H2,1-2H3,(H,27,32)/t16-,19+,20+,24-/m0/s1. The minimum Gasteiger partial charge on any atom is -0.495 e. The smallest absolute Gasteiger partial charge is 0.250 e. The number of amides is 3. The molecule has 3 fully saturated rings. The van der Waals surface area contributed by atoms with E-state index in [4.69, 9.17) is 16.3 Å². The second kappa shape index (κ2) is 6.77. The molecule has 0 radical (unpaired) electrons. The first-order chi connectivity index (χ1) is 15.8. The minimum absolute atomic E-state index is 0.282. The summed E-state index contributed by atoms with van der Waals surface area (Å²) < 4.78 is 19.8. The topological polar surface area (TPSA) is 79.0 Å². The molecule has 2 aromatic carbocycles. The monoisotopic (exact) mass is 469 g/mol. The first-order valence-electron chi connectivity index (χ1n) is 10.9. The van der Waals surface area contributed by atoms with Crippen LogP contribution in [0, 0.1) is 24.6 Å². The van der Waals surface area contributed by atoms with Gasteiger partial charge in [-0.25, -0.2) is 9.29 Å². The molecule has 1 N–H and O–H groups in total. The third-order valence-electron chi connectivity index (χ3n) is 7.66. The Hall–Kier alpha value is -2.97. The number of benzene rings is 2. The summed E-state index contributed by atoms with van der Waals surface area (Å²) in [6.45, 7) is 2.34. The van der Waals surface area contributed by atoms with E-state index in [0.717, 1.165) is 11.3 Å². The predicted octanol–water partition coefficient (Wildman–Crippen LogP) is 3.23. The van der Waals surface area contributed by atoms with Gasteiger partial charge in [-0.05, 0) is 56.1 Å². The van der Waals surface area contributed by atoms with Gasteiger partial charge < -0.3 is 10.1 Å². The number of ether oxygens (including phenoxy) is 1. The quantitative estimate of drug-likeness (QED) is 0.683. The Bertz CT molecular complexity index is 1270. The fourth-order valence-corrected chi connectivity index (χ4v) is 6.55. The number of aryl methyl sites for hydroxylation is 1. The number of hydrogen-bond donors (Lipinski definition) is 1. The molecule has 2 aromatic rings. The zero-order valence-corrected chi connectivity index (χ0v) is 18.8. The number of methoxy groups -OCH3 is 1. The lowest BCUT2D eigenvalue weighted by Gasteiger charge is -2.36. The number of hydrogen-bond acceptors (Lipinski definition) is 5. The Morgan fingerprint density at radius 2 is 1.97 bits per heavy atom. The molecule has 170 valence electrons. The largest absolute Gasteiger partial charge is 0.495 e. The number of imide groups is 1. The highest BCUT2D eigenvalue weighted by atomic mass is 35.5. The van der Waals surface area contributed by atoms with Crippen molar-refractivity contribution in [1.29, 1.82) is 0 Å². The summed E-state index contributed by atoms with van der Waals surface area (Å²) >= 11 is 6.24. The van der Waals surface area contributed by atoms with Crippen LogP contribution in [0.15, 0.2) is 30.3 Å². The van der Waals surface area contributed by atoms with Crippen LogP contribution in [0.25, 0.3) is 0 Å². The number of nitrogens with zero attached hydrogens (tertiary/aromatic N) is 2. The van der Waals surface area contributed by atoms with E-state index in [2.05, 4.69) is 5.32 Å². The van der Waals surface area contributed by atoms with Crippen molar-refractivity contribution in [3.8, 4) is 5.75 Å². The number of fused-ring (bicyclic) bond motifs is 7. The summed E-state index contributed by atoms with van der Waals surface area (Å²) in [7, 11) is 1.44. The fraction of sp³-hybridized carbons (Fsp3) is 0.375. The molecule has 3 amide bonds. The molecular formula is C24H21ClFN3O4. The molecule has 1 spiro atoms. The van der Waals surface area contributed by atoms with Gasteiger partial charge in [-0.15, -0.1) is 0 Å². The molecule has 3 saturated heterocycles. The molecule has 4 atom stereocenters. The van der Waals surface area contributed by atoms with Crippen molar-refractivity contribution in [3.05, 3.63) is 52.3 Å². The van der Waals surface area contributed by atoms with Gasteiger partial charge in [0.25, 0.3) is 0 Å². The second-order valence-corrected chi connectivity index (χ2v) is 9.51. The van der Waals surface area contributed by atoms with E-state index in [1.807, 2.05) is 4.90 Å². The van der Waals surface area contributed by atoms with Crippen molar-refractivity contribution in [2.24, 2.45) is 11.8 Å².